The molecule has 0 aromatic heterocycles. The van der Waals surface area contributed by atoms with E-state index in [4.69, 9.17) is 11.6 Å². The van der Waals surface area contributed by atoms with Gasteiger partial charge in [0, 0.05) is 64.2 Å². The third kappa shape index (κ3) is 5.15. The van der Waals surface area contributed by atoms with Crippen molar-refractivity contribution in [1.82, 2.24) is 9.80 Å². The molecular formula is C26H27ClN2S2. The average molecular weight is 467 g/mol. The van der Waals surface area contributed by atoms with E-state index >= 15 is 0 Å². The number of piperazine rings is 1. The zero-order valence-corrected chi connectivity index (χ0v) is 19.9. The zero-order valence-electron chi connectivity index (χ0n) is 17.5. The van der Waals surface area contributed by atoms with E-state index in [1.54, 1.807) is 0 Å². The Kier molecular flexibility index (Phi) is 6.92. The maximum atomic E-state index is 6.36. The van der Waals surface area contributed by atoms with Crippen molar-refractivity contribution in [2.75, 3.05) is 38.5 Å². The molecule has 0 radical (unpaired) electrons. The van der Waals surface area contributed by atoms with Crippen LogP contribution in [0.5, 0.6) is 0 Å². The van der Waals surface area contributed by atoms with Gasteiger partial charge < -0.3 is 0 Å². The largest absolute Gasteiger partial charge is 0.300 e. The molecule has 31 heavy (non-hydrogen) atoms. The Morgan fingerprint density at radius 2 is 1.65 bits per heavy atom. The van der Waals surface area contributed by atoms with E-state index in [9.17, 15) is 0 Å². The van der Waals surface area contributed by atoms with Gasteiger partial charge in [0.25, 0.3) is 0 Å². The molecule has 0 spiro atoms. The first-order chi connectivity index (χ1) is 15.3. The predicted molar refractivity (Wildman–Crippen MR) is 134 cm³/mol. The van der Waals surface area contributed by atoms with Crippen LogP contribution < -0.4 is 0 Å². The van der Waals surface area contributed by atoms with Gasteiger partial charge in [-0.15, -0.1) is 11.8 Å². The summed E-state index contributed by atoms with van der Waals surface area (Å²) in [6.45, 7) is 5.68. The van der Waals surface area contributed by atoms with E-state index < -0.39 is 0 Å². The SMILES string of the molecule is Clc1ccc2c(c1)CC(N1CCN(CCSc3ccccc3)CC1)c1ccccc1S2. The Hall–Kier alpha value is -1.43. The van der Waals surface area contributed by atoms with Gasteiger partial charge in [-0.2, -0.15) is 0 Å². The molecule has 3 aromatic rings. The molecule has 3 aromatic carbocycles. The number of benzene rings is 3. The van der Waals surface area contributed by atoms with E-state index in [-0.39, 0.29) is 0 Å². The lowest BCUT2D eigenvalue weighted by Gasteiger charge is -2.39. The molecule has 0 saturated carbocycles. The minimum atomic E-state index is 0.421. The molecule has 1 atom stereocenters. The van der Waals surface area contributed by atoms with Crippen LogP contribution in [0.4, 0.5) is 0 Å². The number of thioether (sulfide) groups is 1. The van der Waals surface area contributed by atoms with Crippen LogP contribution in [0.1, 0.15) is 17.2 Å². The lowest BCUT2D eigenvalue weighted by molar-refractivity contribution is 0.0984. The van der Waals surface area contributed by atoms with Gasteiger partial charge in [0.15, 0.2) is 0 Å². The van der Waals surface area contributed by atoms with Gasteiger partial charge in [0.1, 0.15) is 0 Å². The zero-order chi connectivity index (χ0) is 21.0. The van der Waals surface area contributed by atoms with Crippen molar-refractivity contribution >= 4 is 35.1 Å². The maximum Gasteiger partial charge on any atom is 0.0409 e. The van der Waals surface area contributed by atoms with Crippen LogP contribution in [0.15, 0.2) is 87.5 Å². The summed E-state index contributed by atoms with van der Waals surface area (Å²) < 4.78 is 0. The summed E-state index contributed by atoms with van der Waals surface area (Å²) >= 11 is 10.2. The van der Waals surface area contributed by atoms with Crippen LogP contribution in [0.2, 0.25) is 5.02 Å². The molecule has 5 rings (SSSR count). The van der Waals surface area contributed by atoms with Gasteiger partial charge in [0.05, 0.1) is 0 Å². The lowest BCUT2D eigenvalue weighted by Crippen LogP contribution is -2.48. The molecule has 2 nitrogen and oxygen atoms in total. The monoisotopic (exact) mass is 466 g/mol. The van der Waals surface area contributed by atoms with Gasteiger partial charge in [-0.1, -0.05) is 59.8 Å². The molecule has 160 valence electrons. The van der Waals surface area contributed by atoms with Crippen molar-refractivity contribution in [2.45, 2.75) is 27.1 Å². The molecule has 5 heteroatoms. The number of hydrogen-bond acceptors (Lipinski definition) is 4. The topological polar surface area (TPSA) is 6.48 Å². The molecule has 1 fully saturated rings. The van der Waals surface area contributed by atoms with Crippen LogP contribution >= 0.6 is 35.1 Å². The molecule has 1 unspecified atom stereocenters. The van der Waals surface area contributed by atoms with Crippen LogP contribution in [-0.4, -0.2) is 48.3 Å². The molecule has 1 saturated heterocycles. The van der Waals surface area contributed by atoms with Crippen LogP contribution in [0.3, 0.4) is 0 Å². The number of hydrogen-bond donors (Lipinski definition) is 0. The second-order valence-electron chi connectivity index (χ2n) is 8.15. The second-order valence-corrected chi connectivity index (χ2v) is 10.8. The Bertz CT molecular complexity index is 1020. The summed E-state index contributed by atoms with van der Waals surface area (Å²) in [5.41, 5.74) is 2.84. The van der Waals surface area contributed by atoms with Crippen molar-refractivity contribution in [3.63, 3.8) is 0 Å². The van der Waals surface area contributed by atoms with Crippen molar-refractivity contribution in [3.05, 3.63) is 88.9 Å². The maximum absolute atomic E-state index is 6.36. The fourth-order valence-electron chi connectivity index (χ4n) is 4.53. The summed E-state index contributed by atoms with van der Waals surface area (Å²) in [5, 5.41) is 0.838. The summed E-state index contributed by atoms with van der Waals surface area (Å²) in [5.74, 6) is 1.15. The van der Waals surface area contributed by atoms with Crippen molar-refractivity contribution in [1.29, 1.82) is 0 Å². The van der Waals surface area contributed by atoms with Gasteiger partial charge in [-0.05, 0) is 53.9 Å². The van der Waals surface area contributed by atoms with E-state index in [1.165, 1.54) is 25.8 Å². The number of nitrogens with zero attached hydrogens (tertiary/aromatic N) is 2. The molecule has 0 amide bonds. The summed E-state index contributed by atoms with van der Waals surface area (Å²) in [7, 11) is 0. The minimum Gasteiger partial charge on any atom is -0.300 e. The first-order valence-electron chi connectivity index (χ1n) is 11.0. The Morgan fingerprint density at radius 1 is 0.871 bits per heavy atom. The normalized spacial score (nSPS) is 19.5. The van der Waals surface area contributed by atoms with Crippen molar-refractivity contribution in [2.24, 2.45) is 0 Å². The first kappa shape index (κ1) is 21.4. The van der Waals surface area contributed by atoms with E-state index in [0.29, 0.717) is 6.04 Å². The highest BCUT2D eigenvalue weighted by atomic mass is 35.5. The number of rotatable bonds is 5. The quantitative estimate of drug-likeness (QED) is 0.396. The Morgan fingerprint density at radius 3 is 2.48 bits per heavy atom. The van der Waals surface area contributed by atoms with E-state index in [1.807, 2.05) is 29.6 Å². The lowest BCUT2D eigenvalue weighted by atomic mass is 9.96. The highest BCUT2D eigenvalue weighted by molar-refractivity contribution is 7.99. The molecular weight excluding hydrogens is 440 g/mol. The molecule has 2 aliphatic rings. The third-order valence-corrected chi connectivity index (χ3v) is 8.64. The Labute approximate surface area is 199 Å². The molecule has 0 bridgehead atoms. The van der Waals surface area contributed by atoms with Crippen LogP contribution in [0, 0.1) is 0 Å². The Balaban J connectivity index is 1.25. The highest BCUT2D eigenvalue weighted by Gasteiger charge is 2.29. The van der Waals surface area contributed by atoms with Gasteiger partial charge >= 0.3 is 0 Å². The predicted octanol–water partition coefficient (Wildman–Crippen LogP) is 6.50. The summed E-state index contributed by atoms with van der Waals surface area (Å²) in [6.07, 6.45) is 1.03. The number of fused-ring (bicyclic) bond motifs is 2. The minimum absolute atomic E-state index is 0.421. The number of halogens is 1. The fourth-order valence-corrected chi connectivity index (χ4v) is 6.77. The third-order valence-electron chi connectivity index (χ3n) is 6.20. The second kappa shape index (κ2) is 10.0. The van der Waals surface area contributed by atoms with Gasteiger partial charge in [-0.3, -0.25) is 9.80 Å². The summed E-state index contributed by atoms with van der Waals surface area (Å²) in [4.78, 5) is 9.41. The summed E-state index contributed by atoms with van der Waals surface area (Å²) in [6, 6.07) is 26.5. The first-order valence-corrected chi connectivity index (χ1v) is 13.1. The standard InChI is InChI=1S/C26H27ClN2S2/c27-21-10-11-25-20(18-21)19-24(23-8-4-5-9-26(23)31-25)29-14-12-28(13-15-29)16-17-30-22-6-2-1-3-7-22/h1-11,18,24H,12-17,19H2. The molecule has 2 heterocycles. The van der Waals surface area contributed by atoms with Gasteiger partial charge in [0.2, 0.25) is 0 Å². The average Bonchev–Trinajstić information content (AvgIpc) is 2.97. The molecule has 0 aliphatic carbocycles. The van der Waals surface area contributed by atoms with Crippen LogP contribution in [0.25, 0.3) is 0 Å². The van der Waals surface area contributed by atoms with E-state index in [2.05, 4.69) is 76.5 Å². The van der Waals surface area contributed by atoms with Crippen LogP contribution in [-0.2, 0) is 6.42 Å². The molecule has 2 aliphatic heterocycles. The molecule has 0 N–H and O–H groups in total. The highest BCUT2D eigenvalue weighted by Crippen LogP contribution is 2.43. The van der Waals surface area contributed by atoms with E-state index in [0.717, 1.165) is 49.9 Å². The fraction of sp³-hybridized carbons (Fsp3) is 0.308. The van der Waals surface area contributed by atoms with Gasteiger partial charge in [-0.25, -0.2) is 0 Å². The van der Waals surface area contributed by atoms with Crippen molar-refractivity contribution in [3.8, 4) is 0 Å². The smallest absolute Gasteiger partial charge is 0.0409 e. The van der Waals surface area contributed by atoms with Crippen molar-refractivity contribution < 1.29 is 0 Å².